The second kappa shape index (κ2) is 19.1. The van der Waals surface area contributed by atoms with Crippen LogP contribution in [0.1, 0.15) is 130 Å². The molecule has 0 N–H and O–H groups in total. The van der Waals surface area contributed by atoms with E-state index in [2.05, 4.69) is 0 Å². The molecule has 0 unspecified atom stereocenters. The van der Waals surface area contributed by atoms with Gasteiger partial charge in [0.05, 0.1) is 15.9 Å². The van der Waals surface area contributed by atoms with Crippen LogP contribution in [0.15, 0.2) is 155 Å². The Balaban J connectivity index is 1.89. The highest BCUT2D eigenvalue weighted by Gasteiger charge is 2.56. The van der Waals surface area contributed by atoms with Gasteiger partial charge < -0.3 is 10.4 Å². The van der Waals surface area contributed by atoms with Crippen LogP contribution in [-0.4, -0.2) is 31.8 Å². The van der Waals surface area contributed by atoms with Crippen molar-refractivity contribution in [2.24, 2.45) is 0 Å². The van der Waals surface area contributed by atoms with E-state index in [0.29, 0.717) is 11.4 Å². The quantitative estimate of drug-likeness (QED) is 0.0905. The van der Waals surface area contributed by atoms with Crippen LogP contribution in [0.4, 0.5) is 11.4 Å². The van der Waals surface area contributed by atoms with Gasteiger partial charge in [-0.2, -0.15) is 0 Å². The van der Waals surface area contributed by atoms with Crippen molar-refractivity contribution in [3.05, 3.63) is 190 Å². The largest absolute Gasteiger partial charge is 0.826 e. The molecule has 0 aliphatic carbocycles. The Kier molecular flexibility index (Phi) is 14.4. The van der Waals surface area contributed by atoms with Crippen molar-refractivity contribution in [2.45, 2.75) is 109 Å². The van der Waals surface area contributed by atoms with Gasteiger partial charge in [0.25, 0.3) is 0 Å². The molecule has 61 heavy (non-hydrogen) atoms. The normalized spacial score (nSPS) is 12.2. The summed E-state index contributed by atoms with van der Waals surface area (Å²) in [5, 5.41) is 0. The third kappa shape index (κ3) is 9.70. The van der Waals surface area contributed by atoms with Crippen molar-refractivity contribution in [2.75, 3.05) is 6.58 Å². The molecule has 318 valence electrons. The predicted octanol–water partition coefficient (Wildman–Crippen LogP) is 12.7. The zero-order valence-corrected chi connectivity index (χ0v) is 39.9. The fraction of sp³-hybridized carbons (Fsp3) is 0.294. The van der Waals surface area contributed by atoms with E-state index in [-0.39, 0.29) is 33.5 Å². The minimum Gasteiger partial charge on any atom is -0.455 e. The van der Waals surface area contributed by atoms with Gasteiger partial charge in [0.2, 0.25) is 20.0 Å². The van der Waals surface area contributed by atoms with Gasteiger partial charge in [0.1, 0.15) is 0 Å². The monoisotopic (exact) mass is 870 g/mol. The molecule has 0 radical (unpaired) electrons. The third-order valence-electron chi connectivity index (χ3n) is 11.1. The van der Waals surface area contributed by atoms with E-state index in [9.17, 15) is 0 Å². The molecule has 7 nitrogen and oxygen atoms in total. The Morgan fingerprint density at radius 2 is 0.705 bits per heavy atom. The zero-order valence-electron chi connectivity index (χ0n) is 37.1. The van der Waals surface area contributed by atoms with Gasteiger partial charge in [-0.3, -0.25) is 0 Å². The van der Waals surface area contributed by atoms with Crippen molar-refractivity contribution in [3.8, 4) is 0 Å². The fourth-order valence-corrected chi connectivity index (χ4v) is 15.8. The lowest BCUT2D eigenvalue weighted by molar-refractivity contribution is 0.248. The lowest BCUT2D eigenvalue weighted by Gasteiger charge is -2.41. The average molecular weight is 871 g/mol. The van der Waals surface area contributed by atoms with Crippen LogP contribution < -0.4 is 6.58 Å². The number of anilines is 2. The molecule has 0 aliphatic rings. The van der Waals surface area contributed by atoms with Gasteiger partial charge in [0, 0.05) is 11.4 Å². The van der Waals surface area contributed by atoms with Crippen LogP contribution in [0.5, 0.6) is 0 Å². The highest BCUT2D eigenvalue weighted by molar-refractivity contribution is 7.97. The van der Waals surface area contributed by atoms with Gasteiger partial charge in [-0.1, -0.05) is 188 Å². The highest BCUT2D eigenvalue weighted by atomic mass is 32.2. The summed E-state index contributed by atoms with van der Waals surface area (Å²) in [5.41, 5.74) is 7.28. The molecule has 10 heteroatoms. The summed E-state index contributed by atoms with van der Waals surface area (Å²) in [6.45, 7) is 20.2. The molecule has 0 fully saturated rings. The van der Waals surface area contributed by atoms with Crippen molar-refractivity contribution in [3.63, 3.8) is 0 Å². The lowest BCUT2D eigenvalue weighted by atomic mass is 9.93. The molecule has 0 aromatic heterocycles. The number of hydrogen-bond acceptors (Lipinski definition) is 5. The molecular weight excluding hydrogens is 812 g/mol. The summed E-state index contributed by atoms with van der Waals surface area (Å²) in [6.07, 6.45) is -0.868. The minimum absolute atomic E-state index is 0.0392. The molecule has 0 aliphatic heterocycles. The number of aryl methyl sites for hydroxylation is 2. The average Bonchev–Trinajstić information content (AvgIpc) is 3.23. The van der Waals surface area contributed by atoms with E-state index in [0.717, 1.165) is 44.5 Å². The Bertz CT molecular complexity index is 2400. The molecule has 0 saturated heterocycles. The molecule has 6 aromatic carbocycles. The lowest BCUT2D eigenvalue weighted by Crippen LogP contribution is -2.61. The van der Waals surface area contributed by atoms with E-state index in [1.807, 2.05) is 166 Å². The maximum atomic E-state index is 16.2. The Hall–Kier alpha value is -4.69. The van der Waals surface area contributed by atoms with E-state index < -0.39 is 41.1 Å². The van der Waals surface area contributed by atoms with E-state index in [4.69, 9.17) is 3.79 Å². The number of para-hydroxylation sites is 2. The van der Waals surface area contributed by atoms with E-state index >= 15 is 16.8 Å². The summed E-state index contributed by atoms with van der Waals surface area (Å²) in [5.74, 6) is -0.576. The standard InChI is InChI=1S/2C19H24NO2S.C13H11O.Al/c2*1-13(2)17-7-6-8-18(14(3)4)19(17)20-23(21,22)16-11-9-15(5)10-12-16;14-13(11-7-3-1-4-8-11)12-9-5-2-6-10-12;/h2*6-14H,1-5H3;1-10,13H;/q3*-1;+3. The summed E-state index contributed by atoms with van der Waals surface area (Å²) < 4.78 is 75.5. The second-order valence-electron chi connectivity index (χ2n) is 17.1. The Morgan fingerprint density at radius 1 is 0.410 bits per heavy atom. The third-order valence-corrected chi connectivity index (χ3v) is 18.9. The van der Waals surface area contributed by atoms with Crippen LogP contribution in [0, 0.1) is 13.8 Å². The molecule has 6 rings (SSSR count). The Labute approximate surface area is 370 Å². The maximum absolute atomic E-state index is 16.2. The fourth-order valence-electron chi connectivity index (χ4n) is 7.81. The van der Waals surface area contributed by atoms with Crippen molar-refractivity contribution < 1.29 is 20.6 Å². The van der Waals surface area contributed by atoms with Gasteiger partial charge in [0.15, 0.2) is 0 Å². The smallest absolute Gasteiger partial charge is 0.455 e. The van der Waals surface area contributed by atoms with Crippen molar-refractivity contribution >= 4 is 46.3 Å². The molecule has 0 spiro atoms. The first-order chi connectivity index (χ1) is 28.9. The van der Waals surface area contributed by atoms with Gasteiger partial charge in [-0.25, -0.2) is 16.8 Å². The number of hydrogen-bond donors (Lipinski definition) is 0. The molecule has 0 bridgehead atoms. The molecule has 0 saturated carbocycles. The minimum atomic E-state index is -4.60. The van der Waals surface area contributed by atoms with Gasteiger partial charge in [-0.05, 0) is 95.2 Å². The number of rotatable bonds is 16. The molecule has 0 heterocycles. The van der Waals surface area contributed by atoms with Crippen LogP contribution >= 0.6 is 0 Å². The molecular formula is C51H59AlN2O5S2. The SMILES string of the molecule is Cc1ccc(S(=O)(=O)[N](c2c(C(C)C)cccc2C(C)C)[Al]([O]C(c2ccccc2)c2ccccc2)[N](c2c(C(C)C)cccc2C(C)C)S(=O)(=O)c2ccc(C)cc2)cc1. The summed E-state index contributed by atoms with van der Waals surface area (Å²) in [7, 11) is -9.19. The number of sulfonamides is 2. The summed E-state index contributed by atoms with van der Waals surface area (Å²) >= 11 is -4.22. The van der Waals surface area contributed by atoms with Crippen molar-refractivity contribution in [1.82, 2.24) is 0 Å². The first-order valence-corrected chi connectivity index (χ1v) is 25.6. The topological polar surface area (TPSA) is 84.0 Å². The zero-order chi connectivity index (χ0) is 44.2. The van der Waals surface area contributed by atoms with Crippen LogP contribution in [0.25, 0.3) is 0 Å². The molecule has 0 amide bonds. The van der Waals surface area contributed by atoms with E-state index in [1.165, 1.54) is 6.58 Å². The number of nitrogens with zero attached hydrogens (tertiary/aromatic N) is 2. The highest BCUT2D eigenvalue weighted by Crippen LogP contribution is 2.45. The molecule has 6 aromatic rings. The maximum Gasteiger partial charge on any atom is 0.826 e. The number of benzene rings is 6. The Morgan fingerprint density at radius 3 is 0.984 bits per heavy atom. The summed E-state index contributed by atoms with van der Waals surface area (Å²) in [6, 6.07) is 44.7. The van der Waals surface area contributed by atoms with Crippen LogP contribution in [0.3, 0.4) is 0 Å². The van der Waals surface area contributed by atoms with Crippen LogP contribution in [-0.2, 0) is 23.8 Å². The first kappa shape index (κ1) is 45.8. The van der Waals surface area contributed by atoms with Crippen molar-refractivity contribution in [1.29, 1.82) is 0 Å². The van der Waals surface area contributed by atoms with Gasteiger partial charge in [-0.15, -0.1) is 0 Å². The predicted molar refractivity (Wildman–Crippen MR) is 252 cm³/mol. The van der Waals surface area contributed by atoms with Gasteiger partial charge >= 0.3 is 14.9 Å². The summed E-state index contributed by atoms with van der Waals surface area (Å²) in [4.78, 5) is 0.0784. The second-order valence-corrected chi connectivity index (χ2v) is 23.4. The molecule has 0 atom stereocenters. The first-order valence-electron chi connectivity index (χ1n) is 21.2. The van der Waals surface area contributed by atoms with Crippen LogP contribution in [0.2, 0.25) is 0 Å². The van der Waals surface area contributed by atoms with E-state index in [1.54, 1.807) is 48.5 Å².